The van der Waals surface area contributed by atoms with Gasteiger partial charge in [0.1, 0.15) is 17.4 Å². The molecule has 1 aliphatic carbocycles. The minimum absolute atomic E-state index is 0.0142. The first kappa shape index (κ1) is 19.8. The molecular formula is C24H24N2O4. The summed E-state index contributed by atoms with van der Waals surface area (Å²) < 4.78 is 18.8. The topological polar surface area (TPSA) is 73.5 Å². The van der Waals surface area contributed by atoms with Gasteiger partial charge in [-0.25, -0.2) is 0 Å². The molecule has 6 nitrogen and oxygen atoms in total. The maximum Gasteiger partial charge on any atom is 0.218 e. The maximum absolute atomic E-state index is 13.2. The predicted octanol–water partition coefficient (Wildman–Crippen LogP) is 4.65. The van der Waals surface area contributed by atoms with Crippen LogP contribution in [0.4, 0.5) is 0 Å². The molecule has 0 saturated heterocycles. The van der Waals surface area contributed by atoms with Crippen molar-refractivity contribution in [1.82, 2.24) is 4.57 Å². The van der Waals surface area contributed by atoms with Gasteiger partial charge in [-0.3, -0.25) is 9.36 Å². The molecule has 1 atom stereocenters. The smallest absolute Gasteiger partial charge is 0.218 e. The molecule has 1 aliphatic heterocycles. The maximum atomic E-state index is 13.2. The summed E-state index contributed by atoms with van der Waals surface area (Å²) in [6.07, 6.45) is 4.71. The van der Waals surface area contributed by atoms with Crippen LogP contribution in [0, 0.1) is 16.7 Å². The Balaban J connectivity index is 1.95. The van der Waals surface area contributed by atoms with Crippen LogP contribution in [0.5, 0.6) is 11.5 Å². The first-order valence-electron chi connectivity index (χ1n) is 9.82. The van der Waals surface area contributed by atoms with Crippen molar-refractivity contribution >= 4 is 11.7 Å². The number of rotatable bonds is 4. The fourth-order valence-corrected chi connectivity index (χ4v) is 4.27. The lowest BCUT2D eigenvalue weighted by Crippen LogP contribution is -2.32. The Morgan fingerprint density at radius 3 is 2.47 bits per heavy atom. The number of carbonyl (C=O) groups excluding carboxylic acids is 1. The molecule has 0 fully saturated rings. The molecule has 2 heterocycles. The van der Waals surface area contributed by atoms with Crippen LogP contribution in [0.3, 0.4) is 0 Å². The van der Waals surface area contributed by atoms with E-state index in [2.05, 4.69) is 19.9 Å². The predicted molar refractivity (Wildman–Crippen MR) is 112 cm³/mol. The first-order chi connectivity index (χ1) is 14.4. The minimum atomic E-state index is -0.528. The second-order valence-corrected chi connectivity index (χ2v) is 8.35. The lowest BCUT2D eigenvalue weighted by atomic mass is 9.70. The van der Waals surface area contributed by atoms with E-state index in [9.17, 15) is 10.1 Å². The Morgan fingerprint density at radius 1 is 1.13 bits per heavy atom. The molecule has 2 aliphatic rings. The van der Waals surface area contributed by atoms with Crippen molar-refractivity contribution in [2.75, 3.05) is 14.2 Å². The summed E-state index contributed by atoms with van der Waals surface area (Å²) in [7, 11) is 3.14. The molecular weight excluding hydrogens is 380 g/mol. The van der Waals surface area contributed by atoms with Crippen LogP contribution < -0.4 is 9.47 Å². The van der Waals surface area contributed by atoms with Crippen molar-refractivity contribution < 1.29 is 19.0 Å². The number of methoxy groups -OCH3 is 2. The van der Waals surface area contributed by atoms with Gasteiger partial charge in [0.2, 0.25) is 5.88 Å². The number of benzene rings is 1. The second kappa shape index (κ2) is 7.42. The molecule has 0 bridgehead atoms. The van der Waals surface area contributed by atoms with Crippen molar-refractivity contribution in [3.8, 4) is 17.6 Å². The molecule has 1 aromatic heterocycles. The van der Waals surface area contributed by atoms with Gasteiger partial charge >= 0.3 is 0 Å². The highest BCUT2D eigenvalue weighted by Crippen LogP contribution is 2.50. The third-order valence-electron chi connectivity index (χ3n) is 5.61. The number of ketones is 1. The van der Waals surface area contributed by atoms with Gasteiger partial charge in [-0.15, -0.1) is 0 Å². The van der Waals surface area contributed by atoms with Gasteiger partial charge in [0.15, 0.2) is 17.3 Å². The Bertz CT molecular complexity index is 1100. The van der Waals surface area contributed by atoms with E-state index in [0.717, 1.165) is 5.56 Å². The van der Waals surface area contributed by atoms with E-state index in [1.807, 2.05) is 36.7 Å². The average Bonchev–Trinajstić information content (AvgIpc) is 3.25. The molecule has 6 heteroatoms. The van der Waals surface area contributed by atoms with Crippen molar-refractivity contribution in [2.24, 2.45) is 5.41 Å². The fourth-order valence-electron chi connectivity index (χ4n) is 4.27. The van der Waals surface area contributed by atoms with Crippen LogP contribution in [-0.2, 0) is 9.53 Å². The van der Waals surface area contributed by atoms with Gasteiger partial charge in [-0.2, -0.15) is 5.26 Å². The monoisotopic (exact) mass is 404 g/mol. The summed E-state index contributed by atoms with van der Waals surface area (Å²) in [6.45, 7) is 4.12. The zero-order valence-corrected chi connectivity index (χ0v) is 17.6. The lowest BCUT2D eigenvalue weighted by Gasteiger charge is -2.38. The number of hydrogen-bond acceptors (Lipinski definition) is 5. The largest absolute Gasteiger partial charge is 0.493 e. The molecule has 154 valence electrons. The Hall–Kier alpha value is -3.46. The van der Waals surface area contributed by atoms with Gasteiger partial charge < -0.3 is 14.2 Å². The molecule has 4 rings (SSSR count). The fraction of sp³-hybridized carbons (Fsp3) is 0.333. The molecule has 1 aromatic carbocycles. The summed E-state index contributed by atoms with van der Waals surface area (Å²) in [5.74, 6) is 1.70. The van der Waals surface area contributed by atoms with E-state index in [4.69, 9.17) is 14.2 Å². The first-order valence-corrected chi connectivity index (χ1v) is 9.82. The van der Waals surface area contributed by atoms with E-state index < -0.39 is 5.92 Å². The Kier molecular flexibility index (Phi) is 4.90. The molecule has 30 heavy (non-hydrogen) atoms. The number of aromatic nitrogens is 1. The van der Waals surface area contributed by atoms with Crippen molar-refractivity contribution in [3.63, 3.8) is 0 Å². The highest BCUT2D eigenvalue weighted by atomic mass is 16.5. The zero-order valence-electron chi connectivity index (χ0n) is 17.6. The number of nitrogens with zero attached hydrogens (tertiary/aromatic N) is 2. The molecule has 0 spiro atoms. The molecule has 0 radical (unpaired) electrons. The van der Waals surface area contributed by atoms with Gasteiger partial charge in [0, 0.05) is 30.8 Å². The van der Waals surface area contributed by atoms with Crippen LogP contribution >= 0.6 is 0 Å². The lowest BCUT2D eigenvalue weighted by molar-refractivity contribution is -0.118. The van der Waals surface area contributed by atoms with Crippen LogP contribution in [0.2, 0.25) is 0 Å². The molecule has 2 aromatic rings. The third kappa shape index (κ3) is 3.26. The van der Waals surface area contributed by atoms with Gasteiger partial charge in [-0.1, -0.05) is 19.9 Å². The number of ether oxygens (including phenoxy) is 3. The number of hydrogen-bond donors (Lipinski definition) is 0. The third-order valence-corrected chi connectivity index (χ3v) is 5.61. The van der Waals surface area contributed by atoms with Crippen molar-refractivity contribution in [1.29, 1.82) is 5.26 Å². The van der Waals surface area contributed by atoms with Crippen molar-refractivity contribution in [2.45, 2.75) is 32.6 Å². The summed E-state index contributed by atoms with van der Waals surface area (Å²) in [5.41, 5.74) is 1.54. The highest BCUT2D eigenvalue weighted by Gasteiger charge is 2.43. The van der Waals surface area contributed by atoms with Crippen LogP contribution in [0.1, 0.15) is 38.2 Å². The van der Waals surface area contributed by atoms with Gasteiger partial charge in [0.05, 0.1) is 20.1 Å². The second-order valence-electron chi connectivity index (χ2n) is 8.35. The summed E-state index contributed by atoms with van der Waals surface area (Å²) in [5, 5.41) is 10.1. The molecule has 0 amide bonds. The van der Waals surface area contributed by atoms with E-state index in [1.165, 1.54) is 0 Å². The van der Waals surface area contributed by atoms with Crippen LogP contribution in [0.15, 0.2) is 59.6 Å². The van der Waals surface area contributed by atoms with E-state index >= 15 is 0 Å². The SMILES string of the molecule is COc1ccc([C@@H]2C(C#N)=C(n3cccc3)OC3=C2C(=O)CC(C)(C)C3)cc1OC. The van der Waals surface area contributed by atoms with Crippen LogP contribution in [0.25, 0.3) is 5.88 Å². The standard InChI is InChI=1S/C24H24N2O4/c1-24(2)12-17(27)22-20(13-24)30-23(26-9-5-6-10-26)16(14-25)21(22)15-7-8-18(28-3)19(11-15)29-4/h5-11,21H,12-13H2,1-4H3/t21-/m1/s1. The number of carbonyl (C=O) groups is 1. The quantitative estimate of drug-likeness (QED) is 0.741. The molecule has 0 N–H and O–H groups in total. The normalized spacial score (nSPS) is 20.4. The summed E-state index contributed by atoms with van der Waals surface area (Å²) in [6, 6.07) is 11.6. The highest BCUT2D eigenvalue weighted by molar-refractivity contribution is 6.00. The van der Waals surface area contributed by atoms with Gasteiger partial charge in [-0.05, 0) is 35.2 Å². The summed E-state index contributed by atoms with van der Waals surface area (Å²) >= 11 is 0. The van der Waals surface area contributed by atoms with E-state index in [0.29, 0.717) is 47.1 Å². The van der Waals surface area contributed by atoms with E-state index in [-0.39, 0.29) is 11.2 Å². The average molecular weight is 404 g/mol. The van der Waals surface area contributed by atoms with Crippen LogP contribution in [-0.4, -0.2) is 24.6 Å². The number of Topliss-reactive ketones (excluding diaryl/α,β-unsaturated/α-hetero) is 1. The summed E-state index contributed by atoms with van der Waals surface area (Å²) in [4.78, 5) is 13.2. The zero-order chi connectivity index (χ0) is 21.5. The number of allylic oxidation sites excluding steroid dienone is 3. The van der Waals surface area contributed by atoms with E-state index in [1.54, 1.807) is 24.9 Å². The van der Waals surface area contributed by atoms with Crippen molar-refractivity contribution in [3.05, 3.63) is 65.2 Å². The molecule has 0 saturated carbocycles. The molecule has 0 unspecified atom stereocenters. The van der Waals surface area contributed by atoms with Gasteiger partial charge in [0.25, 0.3) is 0 Å². The minimum Gasteiger partial charge on any atom is -0.493 e. The Labute approximate surface area is 176 Å². The Morgan fingerprint density at radius 2 is 1.83 bits per heavy atom. The number of nitriles is 1.